The Bertz CT molecular complexity index is 1470. The fourth-order valence-corrected chi connectivity index (χ4v) is 2.95. The Morgan fingerprint density at radius 2 is 0.980 bits per heavy atom. The Balaban J connectivity index is -0.000000611. The second-order valence-corrected chi connectivity index (χ2v) is 8.26. The van der Waals surface area contributed by atoms with Crippen LogP contribution in [0, 0.1) is 26.0 Å². The van der Waals surface area contributed by atoms with Crippen LogP contribution in [-0.2, 0) is 18.5 Å². The predicted molar refractivity (Wildman–Crippen MR) is 152 cm³/mol. The smallest absolute Gasteiger partial charge is 0.855 e. The van der Waals surface area contributed by atoms with Gasteiger partial charge in [0.05, 0.1) is 45.4 Å². The summed E-state index contributed by atoms with van der Waals surface area (Å²) in [4.78, 5) is 18.5. The number of nitrogens with two attached hydrogens (primary N) is 1. The van der Waals surface area contributed by atoms with Gasteiger partial charge >= 0.3 is 59.5 Å². The zero-order valence-electron chi connectivity index (χ0n) is 25.4. The summed E-state index contributed by atoms with van der Waals surface area (Å²) in [6, 6.07) is 6.22. The molecular weight excluding hydrogens is 703 g/mol. The van der Waals surface area contributed by atoms with E-state index in [1.54, 1.807) is 20.8 Å². The van der Waals surface area contributed by atoms with Gasteiger partial charge in [-0.1, -0.05) is 14.4 Å². The van der Waals surface area contributed by atoms with Gasteiger partial charge in [-0.05, 0) is 56.3 Å². The second-order valence-electron chi connectivity index (χ2n) is 8.26. The van der Waals surface area contributed by atoms with Gasteiger partial charge in [-0.15, -0.1) is 6.61 Å². The van der Waals surface area contributed by atoms with E-state index in [1.807, 2.05) is 0 Å². The number of rotatable bonds is 6. The molecule has 0 saturated heterocycles. The standard InChI is InChI=1S/C9H8F3NO3.C9H10F3NO.C7H3F4NO2.C2H5O.CH4.Na/c1-2-16-8-4-3-6(9(10,11)12)5-7(8)13(14)15;1-2-14-8-4-3-6(5-7(8)13)9(10,11)12;8-5-2-1-4(7(9,10)11)3-6(5)12(13)14;1-2-3;;/h3-5H,2H2,1H3;3-5H,2,13H2,1H3;1-3H;2H2,1H3;1H4;/q;;;-1;;+1. The van der Waals surface area contributed by atoms with Crippen molar-refractivity contribution in [3.05, 3.63) is 97.3 Å². The monoisotopic (exact) mass is 733 g/mol. The number of nitrogen functional groups attached to an aromatic ring is 1. The van der Waals surface area contributed by atoms with E-state index in [0.29, 0.717) is 24.8 Å². The van der Waals surface area contributed by atoms with Gasteiger partial charge in [0.1, 0.15) is 5.75 Å². The first-order valence-electron chi connectivity index (χ1n) is 12.7. The van der Waals surface area contributed by atoms with Crippen molar-refractivity contribution < 1.29 is 97.9 Å². The maximum Gasteiger partial charge on any atom is 1.00 e. The summed E-state index contributed by atoms with van der Waals surface area (Å²) in [6.07, 6.45) is -13.7. The average Bonchev–Trinajstić information content (AvgIpc) is 2.94. The second kappa shape index (κ2) is 22.0. The quantitative estimate of drug-likeness (QED) is 0.115. The molecule has 0 aliphatic heterocycles. The average molecular weight is 734 g/mol. The number of alkyl halides is 9. The van der Waals surface area contributed by atoms with Gasteiger partial charge in [0, 0.05) is 12.1 Å². The number of nitro groups is 2. The van der Waals surface area contributed by atoms with Crippen LogP contribution in [0.15, 0.2) is 54.6 Å². The van der Waals surface area contributed by atoms with Crippen LogP contribution in [0.5, 0.6) is 11.5 Å². The molecule has 0 fully saturated rings. The molecule has 0 aliphatic carbocycles. The van der Waals surface area contributed by atoms with E-state index in [-0.39, 0.29) is 73.5 Å². The van der Waals surface area contributed by atoms with Crippen molar-refractivity contribution in [2.75, 3.05) is 25.6 Å². The third-order valence-corrected chi connectivity index (χ3v) is 4.89. The summed E-state index contributed by atoms with van der Waals surface area (Å²) >= 11 is 0. The summed E-state index contributed by atoms with van der Waals surface area (Å²) in [5.41, 5.74) is 0.439. The summed E-state index contributed by atoms with van der Waals surface area (Å²) in [6.45, 7) is 5.40. The molecule has 10 nitrogen and oxygen atoms in total. The summed E-state index contributed by atoms with van der Waals surface area (Å²) in [7, 11) is 0. The molecule has 0 amide bonds. The van der Waals surface area contributed by atoms with Gasteiger partial charge in [-0.2, -0.15) is 43.9 Å². The Hall–Kier alpha value is -3.88. The van der Waals surface area contributed by atoms with E-state index in [4.69, 9.17) is 20.3 Å². The maximum absolute atomic E-state index is 12.6. The normalized spacial score (nSPS) is 10.6. The Morgan fingerprint density at radius 1 is 0.653 bits per heavy atom. The van der Waals surface area contributed by atoms with Crippen molar-refractivity contribution in [2.45, 2.75) is 46.7 Å². The van der Waals surface area contributed by atoms with E-state index in [2.05, 4.69) is 0 Å². The van der Waals surface area contributed by atoms with Gasteiger partial charge in [0.2, 0.25) is 5.82 Å². The van der Waals surface area contributed by atoms with Crippen molar-refractivity contribution in [3.8, 4) is 11.5 Å². The molecule has 0 aromatic heterocycles. The molecule has 270 valence electrons. The number of nitro benzene ring substituents is 2. The van der Waals surface area contributed by atoms with Crippen LogP contribution in [0.3, 0.4) is 0 Å². The first-order chi connectivity index (χ1) is 21.5. The number of hydrogen-bond donors (Lipinski definition) is 1. The zero-order valence-corrected chi connectivity index (χ0v) is 27.4. The van der Waals surface area contributed by atoms with Gasteiger partial charge in [0.15, 0.2) is 5.75 Å². The van der Waals surface area contributed by atoms with Gasteiger partial charge in [-0.3, -0.25) is 20.2 Å². The first-order valence-corrected chi connectivity index (χ1v) is 12.7. The van der Waals surface area contributed by atoms with Crippen molar-refractivity contribution in [1.82, 2.24) is 0 Å². The summed E-state index contributed by atoms with van der Waals surface area (Å²) < 4.78 is 132. The molecule has 21 heteroatoms. The van der Waals surface area contributed by atoms with Gasteiger partial charge < -0.3 is 20.3 Å². The minimum absolute atomic E-state index is 0. The van der Waals surface area contributed by atoms with Crippen LogP contribution in [-0.4, -0.2) is 29.7 Å². The third-order valence-electron chi connectivity index (χ3n) is 4.89. The van der Waals surface area contributed by atoms with Crippen molar-refractivity contribution in [1.29, 1.82) is 0 Å². The van der Waals surface area contributed by atoms with Crippen molar-refractivity contribution >= 4 is 17.1 Å². The van der Waals surface area contributed by atoms with Crippen LogP contribution in [0.2, 0.25) is 0 Å². The van der Waals surface area contributed by atoms with E-state index in [9.17, 15) is 64.1 Å². The van der Waals surface area contributed by atoms with Crippen LogP contribution >= 0.6 is 0 Å². The molecular formula is C28H30F10N3NaO7. The Kier molecular flexibility index (Phi) is 22.2. The maximum atomic E-state index is 12.6. The number of hydrogen-bond acceptors (Lipinski definition) is 8. The SMILES string of the molecule is C.CCOc1ccc(C(F)(F)F)cc1N.CCOc1ccc(C(F)(F)F)cc1[N+](=O)[O-].CC[O-].O=[N+]([O-])c1cc(C(F)(F)F)ccc1F.[Na+]. The molecule has 2 N–H and O–H groups in total. The molecule has 3 aromatic carbocycles. The number of ether oxygens (including phenoxy) is 2. The molecule has 3 rings (SSSR count). The topological polar surface area (TPSA) is 154 Å². The van der Waals surface area contributed by atoms with Crippen molar-refractivity contribution in [2.24, 2.45) is 0 Å². The number of anilines is 1. The van der Waals surface area contributed by atoms with Crippen LogP contribution < -0.4 is 49.9 Å². The van der Waals surface area contributed by atoms with Gasteiger partial charge in [-0.25, -0.2) is 0 Å². The minimum atomic E-state index is -4.71. The summed E-state index contributed by atoms with van der Waals surface area (Å²) in [5.74, 6) is -1.18. The molecule has 0 bridgehead atoms. The van der Waals surface area contributed by atoms with Crippen LogP contribution in [0.1, 0.15) is 44.9 Å². The molecule has 3 aromatic rings. The minimum Gasteiger partial charge on any atom is -0.855 e. The number of halogens is 10. The summed E-state index contributed by atoms with van der Waals surface area (Å²) in [5, 5.41) is 29.6. The van der Waals surface area contributed by atoms with Crippen molar-refractivity contribution in [3.63, 3.8) is 0 Å². The van der Waals surface area contributed by atoms with E-state index in [1.165, 1.54) is 6.07 Å². The number of nitrogens with zero attached hydrogens (tertiary/aromatic N) is 2. The Morgan fingerprint density at radius 3 is 1.33 bits per heavy atom. The molecule has 0 saturated carbocycles. The molecule has 0 heterocycles. The molecule has 0 aliphatic rings. The Labute approximate surface area is 295 Å². The number of benzene rings is 3. The zero-order chi connectivity index (χ0) is 36.8. The molecule has 0 unspecified atom stereocenters. The fraction of sp³-hybridized carbons (Fsp3) is 0.357. The molecule has 0 spiro atoms. The van der Waals surface area contributed by atoms with E-state index in [0.717, 1.165) is 24.3 Å². The molecule has 0 radical (unpaired) electrons. The van der Waals surface area contributed by atoms with Gasteiger partial charge in [0.25, 0.3) is 0 Å². The fourth-order valence-electron chi connectivity index (χ4n) is 2.95. The van der Waals surface area contributed by atoms with E-state index >= 15 is 0 Å². The van der Waals surface area contributed by atoms with Crippen LogP contribution in [0.25, 0.3) is 0 Å². The molecule has 0 atom stereocenters. The van der Waals surface area contributed by atoms with Crippen LogP contribution in [0.4, 0.5) is 61.0 Å². The third kappa shape index (κ3) is 17.4. The first kappa shape index (κ1) is 49.5. The molecule has 49 heavy (non-hydrogen) atoms. The largest absolute Gasteiger partial charge is 1.00 e. The van der Waals surface area contributed by atoms with E-state index < -0.39 is 62.3 Å². The predicted octanol–water partition coefficient (Wildman–Crippen LogP) is 5.46.